The molecule has 2 N–H and O–H groups in total. The van der Waals surface area contributed by atoms with Crippen LogP contribution in [0.1, 0.15) is 17.5 Å². The molecule has 0 saturated heterocycles. The summed E-state index contributed by atoms with van der Waals surface area (Å²) in [5, 5.41) is 16.2. The Kier molecular flexibility index (Phi) is 4.98. The number of benzene rings is 2. The Balaban J connectivity index is 1.72. The third-order valence-corrected chi connectivity index (χ3v) is 3.63. The van der Waals surface area contributed by atoms with Gasteiger partial charge in [-0.05, 0) is 36.4 Å². The number of nitro groups is 1. The van der Waals surface area contributed by atoms with E-state index in [2.05, 4.69) is 10.6 Å². The summed E-state index contributed by atoms with van der Waals surface area (Å²) in [4.78, 5) is 33.7. The summed E-state index contributed by atoms with van der Waals surface area (Å²) in [6.45, 7) is 1.41. The predicted molar refractivity (Wildman–Crippen MR) is 99.5 cm³/mol. The molecule has 0 aliphatic rings. The molecule has 0 saturated carbocycles. The van der Waals surface area contributed by atoms with Gasteiger partial charge in [0.15, 0.2) is 5.76 Å². The fraction of sp³-hybridized carbons (Fsp3) is 0.0526. The van der Waals surface area contributed by atoms with Crippen LogP contribution in [0.25, 0.3) is 11.3 Å². The molecule has 1 aromatic heterocycles. The van der Waals surface area contributed by atoms with Gasteiger partial charge in [-0.3, -0.25) is 19.7 Å². The van der Waals surface area contributed by atoms with Crippen molar-refractivity contribution in [3.05, 3.63) is 76.5 Å². The van der Waals surface area contributed by atoms with Crippen LogP contribution in [0.4, 0.5) is 17.1 Å². The number of rotatable bonds is 5. The first-order valence-electron chi connectivity index (χ1n) is 7.96. The molecular weight excluding hydrogens is 350 g/mol. The number of nitrogens with one attached hydrogen (secondary N) is 2. The van der Waals surface area contributed by atoms with Crippen LogP contribution in [-0.4, -0.2) is 16.7 Å². The van der Waals surface area contributed by atoms with Gasteiger partial charge in [-0.15, -0.1) is 0 Å². The number of amides is 2. The molecule has 2 aromatic carbocycles. The molecule has 0 spiro atoms. The van der Waals surface area contributed by atoms with Crippen molar-refractivity contribution in [1.82, 2.24) is 0 Å². The van der Waals surface area contributed by atoms with Gasteiger partial charge < -0.3 is 15.1 Å². The maximum atomic E-state index is 12.3. The normalized spacial score (nSPS) is 10.3. The van der Waals surface area contributed by atoms with Crippen LogP contribution in [0.5, 0.6) is 0 Å². The van der Waals surface area contributed by atoms with Crippen LogP contribution in [0.15, 0.2) is 65.1 Å². The highest BCUT2D eigenvalue weighted by Crippen LogP contribution is 2.26. The molecule has 2 amide bonds. The number of nitro benzene ring substituents is 1. The summed E-state index contributed by atoms with van der Waals surface area (Å²) >= 11 is 0. The lowest BCUT2D eigenvalue weighted by Gasteiger charge is -2.05. The minimum Gasteiger partial charge on any atom is -0.451 e. The van der Waals surface area contributed by atoms with Crippen LogP contribution in [0, 0.1) is 10.1 Å². The molecule has 0 radical (unpaired) electrons. The molecule has 8 heteroatoms. The van der Waals surface area contributed by atoms with Crippen molar-refractivity contribution in [3.63, 3.8) is 0 Å². The fourth-order valence-electron chi connectivity index (χ4n) is 2.42. The van der Waals surface area contributed by atoms with Crippen LogP contribution >= 0.6 is 0 Å². The number of non-ortho nitro benzene ring substituents is 1. The first kappa shape index (κ1) is 17.9. The summed E-state index contributed by atoms with van der Waals surface area (Å²) in [7, 11) is 0. The SMILES string of the molecule is CC(=O)Nc1ccc(NC(=O)c2ccc(-c3cccc([N+](=O)[O-])c3)o2)cc1. The number of carbonyl (C=O) groups is 2. The third-order valence-electron chi connectivity index (χ3n) is 3.63. The maximum Gasteiger partial charge on any atom is 0.291 e. The summed E-state index contributed by atoms with van der Waals surface area (Å²) < 4.78 is 5.52. The highest BCUT2D eigenvalue weighted by Gasteiger charge is 2.14. The van der Waals surface area contributed by atoms with E-state index >= 15 is 0 Å². The van der Waals surface area contributed by atoms with E-state index in [-0.39, 0.29) is 17.4 Å². The minimum atomic E-state index is -0.495. The number of furan rings is 1. The van der Waals surface area contributed by atoms with E-state index in [9.17, 15) is 19.7 Å². The second-order valence-electron chi connectivity index (χ2n) is 5.68. The van der Waals surface area contributed by atoms with Gasteiger partial charge >= 0.3 is 0 Å². The quantitative estimate of drug-likeness (QED) is 0.522. The monoisotopic (exact) mass is 365 g/mol. The van der Waals surface area contributed by atoms with Gasteiger partial charge in [-0.2, -0.15) is 0 Å². The Labute approximate surface area is 154 Å². The second-order valence-corrected chi connectivity index (χ2v) is 5.68. The first-order valence-corrected chi connectivity index (χ1v) is 7.96. The van der Waals surface area contributed by atoms with Gasteiger partial charge in [0.2, 0.25) is 5.91 Å². The lowest BCUT2D eigenvalue weighted by Crippen LogP contribution is -2.11. The number of carbonyl (C=O) groups excluding carboxylic acids is 2. The topological polar surface area (TPSA) is 114 Å². The van der Waals surface area contributed by atoms with Crippen molar-refractivity contribution in [2.24, 2.45) is 0 Å². The average Bonchev–Trinajstić information content (AvgIpc) is 3.13. The van der Waals surface area contributed by atoms with E-state index in [1.807, 2.05) is 0 Å². The highest BCUT2D eigenvalue weighted by molar-refractivity contribution is 6.02. The van der Waals surface area contributed by atoms with Gasteiger partial charge in [-0.25, -0.2) is 0 Å². The first-order chi connectivity index (χ1) is 12.9. The summed E-state index contributed by atoms with van der Waals surface area (Å²) in [5.74, 6) is -0.220. The third kappa shape index (κ3) is 4.37. The molecule has 1 heterocycles. The van der Waals surface area contributed by atoms with Gasteiger partial charge in [0, 0.05) is 36.0 Å². The molecule has 0 aliphatic carbocycles. The fourth-order valence-corrected chi connectivity index (χ4v) is 2.42. The summed E-state index contributed by atoms with van der Waals surface area (Å²) in [6.07, 6.45) is 0. The largest absolute Gasteiger partial charge is 0.451 e. The standard InChI is InChI=1S/C19H15N3O5/c1-12(23)20-14-5-7-15(8-6-14)21-19(24)18-10-9-17(27-18)13-3-2-4-16(11-13)22(25)26/h2-11H,1H3,(H,20,23)(H,21,24). The molecule has 0 atom stereocenters. The van der Waals surface area contributed by atoms with E-state index in [1.165, 1.54) is 25.1 Å². The van der Waals surface area contributed by atoms with E-state index in [0.29, 0.717) is 22.7 Å². The second kappa shape index (κ2) is 7.52. The van der Waals surface area contributed by atoms with Crippen molar-refractivity contribution in [1.29, 1.82) is 0 Å². The van der Waals surface area contributed by atoms with E-state index in [4.69, 9.17) is 4.42 Å². The zero-order valence-electron chi connectivity index (χ0n) is 14.3. The molecule has 0 unspecified atom stereocenters. The maximum absolute atomic E-state index is 12.3. The molecule has 27 heavy (non-hydrogen) atoms. The number of anilines is 2. The molecule has 3 rings (SSSR count). The summed E-state index contributed by atoms with van der Waals surface area (Å²) in [5.41, 5.74) is 1.59. The molecule has 136 valence electrons. The van der Waals surface area contributed by atoms with Gasteiger partial charge in [-0.1, -0.05) is 12.1 Å². The minimum absolute atomic E-state index is 0.0610. The Morgan fingerprint density at radius 3 is 2.26 bits per heavy atom. The molecule has 0 aliphatic heterocycles. The molecular formula is C19H15N3O5. The molecule has 3 aromatic rings. The van der Waals surface area contributed by atoms with Crippen molar-refractivity contribution < 1.29 is 18.9 Å². The highest BCUT2D eigenvalue weighted by atomic mass is 16.6. The van der Waals surface area contributed by atoms with Gasteiger partial charge in [0.25, 0.3) is 11.6 Å². The van der Waals surface area contributed by atoms with Crippen LogP contribution in [-0.2, 0) is 4.79 Å². The smallest absolute Gasteiger partial charge is 0.291 e. The van der Waals surface area contributed by atoms with E-state index in [1.54, 1.807) is 42.5 Å². The van der Waals surface area contributed by atoms with Crippen LogP contribution in [0.3, 0.4) is 0 Å². The molecule has 8 nitrogen and oxygen atoms in total. The Hall–Kier alpha value is -3.94. The molecule has 0 fully saturated rings. The zero-order valence-corrected chi connectivity index (χ0v) is 14.3. The van der Waals surface area contributed by atoms with Crippen molar-refractivity contribution in [2.45, 2.75) is 6.92 Å². The van der Waals surface area contributed by atoms with E-state index in [0.717, 1.165) is 0 Å². The zero-order chi connectivity index (χ0) is 19.4. The average molecular weight is 365 g/mol. The lowest BCUT2D eigenvalue weighted by molar-refractivity contribution is -0.384. The Morgan fingerprint density at radius 1 is 0.963 bits per heavy atom. The number of hydrogen-bond donors (Lipinski definition) is 2. The lowest BCUT2D eigenvalue weighted by atomic mass is 10.1. The van der Waals surface area contributed by atoms with Crippen LogP contribution < -0.4 is 10.6 Å². The van der Waals surface area contributed by atoms with Crippen molar-refractivity contribution in [2.75, 3.05) is 10.6 Å². The van der Waals surface area contributed by atoms with Gasteiger partial charge in [0.1, 0.15) is 5.76 Å². The van der Waals surface area contributed by atoms with Crippen molar-refractivity contribution >= 4 is 28.9 Å². The van der Waals surface area contributed by atoms with Crippen LogP contribution in [0.2, 0.25) is 0 Å². The predicted octanol–water partition coefficient (Wildman–Crippen LogP) is 4.07. The Morgan fingerprint density at radius 2 is 1.63 bits per heavy atom. The Bertz CT molecular complexity index is 1010. The molecule has 0 bridgehead atoms. The van der Waals surface area contributed by atoms with Crippen molar-refractivity contribution in [3.8, 4) is 11.3 Å². The number of nitrogens with zero attached hydrogens (tertiary/aromatic N) is 1. The summed E-state index contributed by atoms with van der Waals surface area (Å²) in [6, 6.07) is 15.7. The van der Waals surface area contributed by atoms with Gasteiger partial charge in [0.05, 0.1) is 4.92 Å². The van der Waals surface area contributed by atoms with E-state index < -0.39 is 10.8 Å². The number of hydrogen-bond acceptors (Lipinski definition) is 5.